The van der Waals surface area contributed by atoms with E-state index in [0.29, 0.717) is 17.1 Å². The van der Waals surface area contributed by atoms with Crippen molar-refractivity contribution >= 4 is 18.0 Å². The molecule has 0 heterocycles. The molecular weight excluding hydrogens is 391 g/mol. The topological polar surface area (TPSA) is 89.0 Å². The molecule has 2 aromatic carbocycles. The average molecular weight is 409 g/mol. The van der Waals surface area contributed by atoms with Gasteiger partial charge in [0.05, 0.1) is 38.1 Å². The van der Waals surface area contributed by atoms with Gasteiger partial charge in [-0.1, -0.05) is 12.1 Å². The molecule has 2 N–H and O–H groups in total. The minimum absolute atomic E-state index is 0.471. The van der Waals surface area contributed by atoms with Gasteiger partial charge in [-0.3, -0.25) is 9.59 Å². The molecule has 7 nitrogen and oxygen atoms in total. The van der Waals surface area contributed by atoms with E-state index in [1.165, 1.54) is 32.6 Å². The monoisotopic (exact) mass is 409 g/mol. The fourth-order valence-corrected chi connectivity index (χ4v) is 2.34. The van der Waals surface area contributed by atoms with Crippen LogP contribution in [-0.2, 0) is 11.0 Å². The molecular formula is C19H18F3N3O4. The second kappa shape index (κ2) is 9.58. The molecule has 0 saturated heterocycles. The minimum atomic E-state index is -4.68. The van der Waals surface area contributed by atoms with Crippen molar-refractivity contribution < 1.29 is 32.2 Å². The Hall–Kier alpha value is -3.56. The Morgan fingerprint density at radius 2 is 1.76 bits per heavy atom. The highest BCUT2D eigenvalue weighted by molar-refractivity contribution is 5.98. The Balaban J connectivity index is 1.92. The van der Waals surface area contributed by atoms with Gasteiger partial charge in [0, 0.05) is 0 Å². The Labute approximate surface area is 164 Å². The molecule has 0 aliphatic heterocycles. The van der Waals surface area contributed by atoms with Crippen LogP contribution in [0.15, 0.2) is 47.6 Å². The Kier molecular flexibility index (Phi) is 7.18. The molecule has 0 bridgehead atoms. The van der Waals surface area contributed by atoms with Crippen molar-refractivity contribution in [2.45, 2.75) is 6.18 Å². The van der Waals surface area contributed by atoms with Gasteiger partial charge in [0.25, 0.3) is 11.8 Å². The van der Waals surface area contributed by atoms with Gasteiger partial charge < -0.3 is 14.8 Å². The van der Waals surface area contributed by atoms with Crippen LogP contribution >= 0.6 is 0 Å². The molecule has 29 heavy (non-hydrogen) atoms. The van der Waals surface area contributed by atoms with E-state index in [1.54, 1.807) is 18.2 Å². The number of nitrogens with zero attached hydrogens (tertiary/aromatic N) is 1. The third-order valence-corrected chi connectivity index (χ3v) is 3.70. The van der Waals surface area contributed by atoms with Crippen molar-refractivity contribution in [3.05, 3.63) is 59.2 Å². The van der Waals surface area contributed by atoms with E-state index in [9.17, 15) is 22.8 Å². The van der Waals surface area contributed by atoms with Gasteiger partial charge in [0.1, 0.15) is 0 Å². The van der Waals surface area contributed by atoms with Crippen LogP contribution in [-0.4, -0.2) is 38.8 Å². The zero-order valence-electron chi connectivity index (χ0n) is 15.5. The fraction of sp³-hybridized carbons (Fsp3) is 0.211. The SMILES string of the molecule is COc1ccc(/C=N/NC(=O)CNC(=O)c2ccccc2C(F)(F)F)cc1OC. The summed E-state index contributed by atoms with van der Waals surface area (Å²) in [4.78, 5) is 23.8. The molecule has 0 unspecified atom stereocenters. The molecule has 0 saturated carbocycles. The van der Waals surface area contributed by atoms with Gasteiger partial charge >= 0.3 is 6.18 Å². The van der Waals surface area contributed by atoms with Crippen molar-refractivity contribution in [1.29, 1.82) is 0 Å². The first-order valence-corrected chi connectivity index (χ1v) is 8.24. The molecule has 0 fully saturated rings. The molecule has 2 aromatic rings. The predicted molar refractivity (Wildman–Crippen MR) is 99.1 cm³/mol. The number of halogens is 3. The number of alkyl halides is 3. The van der Waals surface area contributed by atoms with Crippen molar-refractivity contribution in [1.82, 2.24) is 10.7 Å². The molecule has 10 heteroatoms. The molecule has 0 radical (unpaired) electrons. The molecule has 0 spiro atoms. The summed E-state index contributed by atoms with van der Waals surface area (Å²) in [6, 6.07) is 9.26. The van der Waals surface area contributed by atoms with Crippen LogP contribution in [0.25, 0.3) is 0 Å². The predicted octanol–water partition coefficient (Wildman–Crippen LogP) is 2.60. The van der Waals surface area contributed by atoms with E-state index in [0.717, 1.165) is 12.1 Å². The largest absolute Gasteiger partial charge is 0.493 e. The average Bonchev–Trinajstić information content (AvgIpc) is 2.71. The van der Waals surface area contributed by atoms with E-state index in [-0.39, 0.29) is 0 Å². The van der Waals surface area contributed by atoms with Crippen LogP contribution < -0.4 is 20.2 Å². The summed E-state index contributed by atoms with van der Waals surface area (Å²) in [5, 5.41) is 5.86. The lowest BCUT2D eigenvalue weighted by molar-refractivity contribution is -0.137. The van der Waals surface area contributed by atoms with Crippen LogP contribution in [0.1, 0.15) is 21.5 Å². The maximum Gasteiger partial charge on any atom is 0.417 e. The van der Waals surface area contributed by atoms with Crippen molar-refractivity contribution in [2.24, 2.45) is 5.10 Å². The normalized spacial score (nSPS) is 11.2. The highest BCUT2D eigenvalue weighted by atomic mass is 19.4. The van der Waals surface area contributed by atoms with Gasteiger partial charge in [-0.2, -0.15) is 18.3 Å². The second-order valence-corrected chi connectivity index (χ2v) is 5.63. The molecule has 2 amide bonds. The number of rotatable bonds is 7. The third kappa shape index (κ3) is 5.96. The van der Waals surface area contributed by atoms with E-state index < -0.39 is 35.7 Å². The number of amides is 2. The number of methoxy groups -OCH3 is 2. The van der Waals surface area contributed by atoms with Gasteiger partial charge in [0.15, 0.2) is 11.5 Å². The fourth-order valence-electron chi connectivity index (χ4n) is 2.34. The maximum atomic E-state index is 12.9. The Morgan fingerprint density at radius 3 is 2.41 bits per heavy atom. The minimum Gasteiger partial charge on any atom is -0.493 e. The highest BCUT2D eigenvalue weighted by Crippen LogP contribution is 2.31. The van der Waals surface area contributed by atoms with E-state index >= 15 is 0 Å². The summed E-state index contributed by atoms with van der Waals surface area (Å²) >= 11 is 0. The van der Waals surface area contributed by atoms with Gasteiger partial charge in [0.2, 0.25) is 0 Å². The zero-order valence-corrected chi connectivity index (χ0v) is 15.5. The number of hydrazone groups is 1. The van der Waals surface area contributed by atoms with Crippen LogP contribution in [0.5, 0.6) is 11.5 Å². The lowest BCUT2D eigenvalue weighted by atomic mass is 10.1. The summed E-state index contributed by atoms with van der Waals surface area (Å²) in [6.07, 6.45) is -3.35. The molecule has 154 valence electrons. The Morgan fingerprint density at radius 1 is 1.07 bits per heavy atom. The smallest absolute Gasteiger partial charge is 0.417 e. The summed E-state index contributed by atoms with van der Waals surface area (Å²) in [6.45, 7) is -0.547. The standard InChI is InChI=1S/C19H18F3N3O4/c1-28-15-8-7-12(9-16(15)29-2)10-24-25-17(26)11-23-18(27)13-5-3-4-6-14(13)19(20,21)22/h3-10H,11H2,1-2H3,(H,23,27)(H,25,26)/b24-10+. The number of hydrogen-bond donors (Lipinski definition) is 2. The lowest BCUT2D eigenvalue weighted by Gasteiger charge is -2.12. The van der Waals surface area contributed by atoms with E-state index in [1.807, 2.05) is 0 Å². The summed E-state index contributed by atoms with van der Waals surface area (Å²) in [7, 11) is 2.97. The molecule has 0 atom stereocenters. The first-order chi connectivity index (χ1) is 13.8. The lowest BCUT2D eigenvalue weighted by Crippen LogP contribution is -2.35. The number of benzene rings is 2. The summed E-state index contributed by atoms with van der Waals surface area (Å²) in [5.74, 6) is -0.731. The van der Waals surface area contributed by atoms with Crippen molar-refractivity contribution in [3.8, 4) is 11.5 Å². The quantitative estimate of drug-likeness (QED) is 0.544. The van der Waals surface area contributed by atoms with Crippen molar-refractivity contribution in [3.63, 3.8) is 0 Å². The van der Waals surface area contributed by atoms with Crippen molar-refractivity contribution in [2.75, 3.05) is 20.8 Å². The van der Waals surface area contributed by atoms with Crippen LogP contribution in [0, 0.1) is 0 Å². The summed E-state index contributed by atoms with van der Waals surface area (Å²) < 4.78 is 49.1. The molecule has 2 rings (SSSR count). The van der Waals surface area contributed by atoms with E-state index in [2.05, 4.69) is 15.8 Å². The molecule has 0 aromatic heterocycles. The number of nitrogens with one attached hydrogen (secondary N) is 2. The zero-order chi connectivity index (χ0) is 21.4. The molecule has 0 aliphatic carbocycles. The number of carbonyl (C=O) groups is 2. The maximum absolute atomic E-state index is 12.9. The third-order valence-electron chi connectivity index (χ3n) is 3.70. The Bertz CT molecular complexity index is 914. The highest BCUT2D eigenvalue weighted by Gasteiger charge is 2.34. The van der Waals surface area contributed by atoms with Crippen LogP contribution in [0.3, 0.4) is 0 Å². The number of ether oxygens (including phenoxy) is 2. The van der Waals surface area contributed by atoms with Crippen LogP contribution in [0.4, 0.5) is 13.2 Å². The van der Waals surface area contributed by atoms with E-state index in [4.69, 9.17) is 9.47 Å². The number of carbonyl (C=O) groups excluding carboxylic acids is 2. The van der Waals surface area contributed by atoms with Gasteiger partial charge in [-0.15, -0.1) is 0 Å². The van der Waals surface area contributed by atoms with Crippen LogP contribution in [0.2, 0.25) is 0 Å². The number of hydrogen-bond acceptors (Lipinski definition) is 5. The van der Waals surface area contributed by atoms with Gasteiger partial charge in [-0.05, 0) is 35.9 Å². The second-order valence-electron chi connectivity index (χ2n) is 5.63. The first kappa shape index (κ1) is 21.7. The first-order valence-electron chi connectivity index (χ1n) is 8.24. The molecule has 0 aliphatic rings. The summed E-state index contributed by atoms with van der Waals surface area (Å²) in [5.41, 5.74) is 1.13. The van der Waals surface area contributed by atoms with Gasteiger partial charge in [-0.25, -0.2) is 5.43 Å².